The molecular formula is C7H12N4. The maximum absolute atomic E-state index is 3.91. The number of hydrogen-bond acceptors (Lipinski definition) is 3. The standard InChI is InChI=1S/C7H12N4/c1-10-4-2-7(10)6-11-5-3-8-9-11/h3,5,7H,2,4,6H2,1H3/t7-/m1/s1. The van der Waals surface area contributed by atoms with Gasteiger partial charge < -0.3 is 4.90 Å². The molecule has 1 aromatic rings. The van der Waals surface area contributed by atoms with Gasteiger partial charge in [0, 0.05) is 12.2 Å². The van der Waals surface area contributed by atoms with Crippen molar-refractivity contribution in [3.05, 3.63) is 12.4 Å². The summed E-state index contributed by atoms with van der Waals surface area (Å²) in [4.78, 5) is 2.34. The molecule has 0 aliphatic carbocycles. The summed E-state index contributed by atoms with van der Waals surface area (Å²) in [6.07, 6.45) is 4.92. The van der Waals surface area contributed by atoms with E-state index in [1.54, 1.807) is 6.20 Å². The maximum atomic E-state index is 3.91. The minimum atomic E-state index is 0.677. The summed E-state index contributed by atoms with van der Waals surface area (Å²) >= 11 is 0. The summed E-state index contributed by atoms with van der Waals surface area (Å²) in [6.45, 7) is 2.20. The lowest BCUT2D eigenvalue weighted by molar-refractivity contribution is 0.106. The fourth-order valence-electron chi connectivity index (χ4n) is 1.35. The number of aromatic nitrogens is 3. The minimum absolute atomic E-state index is 0.677. The van der Waals surface area contributed by atoms with Crippen LogP contribution in [0.1, 0.15) is 6.42 Å². The van der Waals surface area contributed by atoms with Crippen molar-refractivity contribution >= 4 is 0 Å². The highest BCUT2D eigenvalue weighted by atomic mass is 15.4. The number of hydrogen-bond donors (Lipinski definition) is 0. The van der Waals surface area contributed by atoms with Gasteiger partial charge in [-0.3, -0.25) is 4.68 Å². The lowest BCUT2D eigenvalue weighted by atomic mass is 10.1. The Hall–Kier alpha value is -0.900. The summed E-state index contributed by atoms with van der Waals surface area (Å²) in [5, 5.41) is 7.67. The first-order chi connectivity index (χ1) is 5.36. The summed E-state index contributed by atoms with van der Waals surface area (Å²) in [6, 6.07) is 0.677. The Balaban J connectivity index is 1.91. The second-order valence-electron chi connectivity index (χ2n) is 3.05. The number of nitrogens with zero attached hydrogens (tertiary/aromatic N) is 4. The summed E-state index contributed by atoms with van der Waals surface area (Å²) in [7, 11) is 2.14. The monoisotopic (exact) mass is 152 g/mol. The molecule has 0 N–H and O–H groups in total. The van der Waals surface area contributed by atoms with Gasteiger partial charge in [0.2, 0.25) is 0 Å². The van der Waals surface area contributed by atoms with Crippen LogP contribution in [0.15, 0.2) is 12.4 Å². The molecule has 1 atom stereocenters. The Morgan fingerprint density at radius 3 is 3.00 bits per heavy atom. The zero-order chi connectivity index (χ0) is 7.68. The molecular weight excluding hydrogens is 140 g/mol. The van der Waals surface area contributed by atoms with Gasteiger partial charge in [-0.1, -0.05) is 5.21 Å². The molecule has 0 aromatic carbocycles. The molecule has 1 fully saturated rings. The third-order valence-corrected chi connectivity index (χ3v) is 2.31. The van der Waals surface area contributed by atoms with E-state index < -0.39 is 0 Å². The van der Waals surface area contributed by atoms with Crippen molar-refractivity contribution in [3.63, 3.8) is 0 Å². The molecule has 4 nitrogen and oxygen atoms in total. The van der Waals surface area contributed by atoms with Crippen LogP contribution in [0.3, 0.4) is 0 Å². The van der Waals surface area contributed by atoms with E-state index in [1.807, 2.05) is 10.9 Å². The molecule has 1 saturated heterocycles. The van der Waals surface area contributed by atoms with Gasteiger partial charge in [-0.2, -0.15) is 0 Å². The Morgan fingerprint density at radius 2 is 2.55 bits per heavy atom. The zero-order valence-electron chi connectivity index (χ0n) is 6.64. The van der Waals surface area contributed by atoms with Crippen LogP contribution in [0.2, 0.25) is 0 Å². The molecule has 0 unspecified atom stereocenters. The average molecular weight is 152 g/mol. The molecule has 0 bridgehead atoms. The maximum Gasteiger partial charge on any atom is 0.0692 e. The van der Waals surface area contributed by atoms with Crippen molar-refractivity contribution in [1.82, 2.24) is 19.9 Å². The van der Waals surface area contributed by atoms with Gasteiger partial charge in [0.15, 0.2) is 0 Å². The number of rotatable bonds is 2. The Morgan fingerprint density at radius 1 is 1.64 bits per heavy atom. The van der Waals surface area contributed by atoms with Crippen molar-refractivity contribution < 1.29 is 0 Å². The first kappa shape index (κ1) is 6.79. The van der Waals surface area contributed by atoms with Gasteiger partial charge in [0.1, 0.15) is 0 Å². The van der Waals surface area contributed by atoms with Gasteiger partial charge in [0.25, 0.3) is 0 Å². The minimum Gasteiger partial charge on any atom is -0.301 e. The van der Waals surface area contributed by atoms with Crippen molar-refractivity contribution in [2.24, 2.45) is 0 Å². The largest absolute Gasteiger partial charge is 0.301 e. The molecule has 0 radical (unpaired) electrons. The lowest BCUT2D eigenvalue weighted by Gasteiger charge is -2.37. The van der Waals surface area contributed by atoms with Crippen LogP contribution >= 0.6 is 0 Å². The molecule has 1 aromatic heterocycles. The van der Waals surface area contributed by atoms with Crippen LogP contribution in [-0.4, -0.2) is 39.5 Å². The molecule has 1 aliphatic heterocycles. The predicted molar refractivity (Wildman–Crippen MR) is 41.1 cm³/mol. The van der Waals surface area contributed by atoms with Crippen molar-refractivity contribution in [2.75, 3.05) is 13.6 Å². The zero-order valence-corrected chi connectivity index (χ0v) is 6.64. The van der Waals surface area contributed by atoms with Gasteiger partial charge in [-0.15, -0.1) is 5.10 Å². The SMILES string of the molecule is CN1CC[C@@H]1Cn1ccnn1. The van der Waals surface area contributed by atoms with E-state index >= 15 is 0 Å². The van der Waals surface area contributed by atoms with Gasteiger partial charge in [-0.25, -0.2) is 0 Å². The Labute approximate surface area is 65.8 Å². The quantitative estimate of drug-likeness (QED) is 0.597. The number of likely N-dealkylation sites (tertiary alicyclic amines) is 1. The highest BCUT2D eigenvalue weighted by Gasteiger charge is 2.24. The molecule has 4 heteroatoms. The van der Waals surface area contributed by atoms with Crippen LogP contribution in [0.25, 0.3) is 0 Å². The van der Waals surface area contributed by atoms with Crippen LogP contribution in [-0.2, 0) is 6.54 Å². The van der Waals surface area contributed by atoms with E-state index in [9.17, 15) is 0 Å². The predicted octanol–water partition coefficient (Wildman–Crippen LogP) is -0.0178. The summed E-state index contributed by atoms with van der Waals surface area (Å²) < 4.78 is 1.89. The topological polar surface area (TPSA) is 34.0 Å². The first-order valence-corrected chi connectivity index (χ1v) is 3.90. The lowest BCUT2D eigenvalue weighted by Crippen LogP contribution is -2.47. The molecule has 0 spiro atoms. The highest BCUT2D eigenvalue weighted by molar-refractivity contribution is 4.80. The normalized spacial score (nSPS) is 25.0. The smallest absolute Gasteiger partial charge is 0.0692 e. The van der Waals surface area contributed by atoms with E-state index in [0.29, 0.717) is 6.04 Å². The van der Waals surface area contributed by atoms with E-state index in [1.165, 1.54) is 13.0 Å². The molecule has 2 rings (SSSR count). The average Bonchev–Trinajstić information content (AvgIpc) is 2.49. The second kappa shape index (κ2) is 2.62. The molecule has 2 heterocycles. The first-order valence-electron chi connectivity index (χ1n) is 3.90. The van der Waals surface area contributed by atoms with Gasteiger partial charge >= 0.3 is 0 Å². The van der Waals surface area contributed by atoms with E-state index in [2.05, 4.69) is 22.3 Å². The Bertz CT molecular complexity index is 218. The molecule has 1 aliphatic rings. The van der Waals surface area contributed by atoms with Crippen molar-refractivity contribution in [3.8, 4) is 0 Å². The third kappa shape index (κ3) is 1.26. The van der Waals surface area contributed by atoms with Crippen LogP contribution < -0.4 is 0 Å². The summed E-state index contributed by atoms with van der Waals surface area (Å²) in [5.74, 6) is 0. The molecule has 0 amide bonds. The fraction of sp³-hybridized carbons (Fsp3) is 0.714. The van der Waals surface area contributed by atoms with Crippen LogP contribution in [0, 0.1) is 0 Å². The molecule has 11 heavy (non-hydrogen) atoms. The highest BCUT2D eigenvalue weighted by Crippen LogP contribution is 2.15. The van der Waals surface area contributed by atoms with E-state index in [-0.39, 0.29) is 0 Å². The van der Waals surface area contributed by atoms with Gasteiger partial charge in [0.05, 0.1) is 12.7 Å². The number of likely N-dealkylation sites (N-methyl/N-ethyl adjacent to an activating group) is 1. The molecule has 60 valence electrons. The summed E-state index contributed by atoms with van der Waals surface area (Å²) in [5.41, 5.74) is 0. The van der Waals surface area contributed by atoms with Crippen molar-refractivity contribution in [2.45, 2.75) is 19.0 Å². The van der Waals surface area contributed by atoms with E-state index in [4.69, 9.17) is 0 Å². The van der Waals surface area contributed by atoms with E-state index in [0.717, 1.165) is 6.54 Å². The second-order valence-corrected chi connectivity index (χ2v) is 3.05. The van der Waals surface area contributed by atoms with Crippen LogP contribution in [0.4, 0.5) is 0 Å². The van der Waals surface area contributed by atoms with Crippen molar-refractivity contribution in [1.29, 1.82) is 0 Å². The third-order valence-electron chi connectivity index (χ3n) is 2.31. The van der Waals surface area contributed by atoms with Crippen LogP contribution in [0.5, 0.6) is 0 Å². The van der Waals surface area contributed by atoms with Gasteiger partial charge in [-0.05, 0) is 20.0 Å². The molecule has 0 saturated carbocycles. The Kier molecular flexibility index (Phi) is 1.62. The fourth-order valence-corrected chi connectivity index (χ4v) is 1.35.